The summed E-state index contributed by atoms with van der Waals surface area (Å²) in [5.74, 6) is -0.772. The number of nitrogens with two attached hydrogens (primary N) is 1. The number of benzene rings is 3. The van der Waals surface area contributed by atoms with Crippen LogP contribution in [0, 0.1) is 5.82 Å². The van der Waals surface area contributed by atoms with Gasteiger partial charge in [-0.2, -0.15) is 0 Å². The van der Waals surface area contributed by atoms with Gasteiger partial charge in [-0.1, -0.05) is 42.5 Å². The summed E-state index contributed by atoms with van der Waals surface area (Å²) in [6, 6.07) is 28.8. The van der Waals surface area contributed by atoms with Gasteiger partial charge in [0.25, 0.3) is 0 Å². The zero-order valence-electron chi connectivity index (χ0n) is 26.9. The van der Waals surface area contributed by atoms with E-state index in [1.165, 1.54) is 17.7 Å². The van der Waals surface area contributed by atoms with Crippen molar-refractivity contribution in [3.05, 3.63) is 120 Å². The predicted octanol–water partition coefficient (Wildman–Crippen LogP) is 7.13. The lowest BCUT2D eigenvalue weighted by Crippen LogP contribution is -2.44. The molecular weight excluding hydrogens is 607 g/mol. The Kier molecular flexibility index (Phi) is 7.88. The molecule has 1 aliphatic heterocycles. The molecule has 0 aliphatic carbocycles. The molecule has 3 N–H and O–H groups in total. The van der Waals surface area contributed by atoms with Crippen molar-refractivity contribution < 1.29 is 19.0 Å². The lowest BCUT2D eigenvalue weighted by Gasteiger charge is -2.39. The first-order valence-electron chi connectivity index (χ1n) is 15.8. The van der Waals surface area contributed by atoms with Gasteiger partial charge in [0.15, 0.2) is 11.5 Å². The molecule has 0 bridgehead atoms. The highest BCUT2D eigenvalue weighted by molar-refractivity contribution is 5.93. The van der Waals surface area contributed by atoms with Crippen LogP contribution in [0.15, 0.2) is 97.2 Å². The molecular formula is C38H35FN6O3. The van der Waals surface area contributed by atoms with Crippen molar-refractivity contribution in [2.24, 2.45) is 0 Å². The topological polar surface area (TPSA) is 119 Å². The van der Waals surface area contributed by atoms with Crippen LogP contribution in [0.25, 0.3) is 39.5 Å². The number of halogens is 1. The molecule has 48 heavy (non-hydrogen) atoms. The fraction of sp³-hybridized carbons (Fsp3) is 0.211. The summed E-state index contributed by atoms with van der Waals surface area (Å²) < 4.78 is 22.1. The van der Waals surface area contributed by atoms with E-state index in [1.807, 2.05) is 59.2 Å². The summed E-state index contributed by atoms with van der Waals surface area (Å²) in [5.41, 5.74) is 11.8. The van der Waals surface area contributed by atoms with E-state index >= 15 is 0 Å². The quantitative estimate of drug-likeness (QED) is 0.177. The number of fused-ring (bicyclic) bond motifs is 1. The number of hydrogen-bond donors (Lipinski definition) is 2. The molecule has 242 valence electrons. The van der Waals surface area contributed by atoms with Gasteiger partial charge in [-0.3, -0.25) is 9.47 Å². The third-order valence-corrected chi connectivity index (χ3v) is 8.37. The van der Waals surface area contributed by atoms with Crippen LogP contribution in [0.5, 0.6) is 5.75 Å². The number of likely N-dealkylation sites (tertiary alicyclic amines) is 1. The largest absolute Gasteiger partial charge is 0.507 e. The maximum Gasteiger partial charge on any atom is 0.345 e. The first-order valence-corrected chi connectivity index (χ1v) is 15.8. The number of aromatic nitrogens is 4. The standard InChI is InChI=1S/C38H35FN6O3/c1-38(2,3)48-37(47)33-29(39)18-23(19-32(33)46)20-44-21-26(22-44)24-11-13-27(14-12-24)45-35(28-10-7-17-41-34(28)40)43-31-16-15-30(42-36(31)45)25-8-5-4-6-9-25/h4-19,26,46H,20-22H2,1-3H3,(H2,40,41). The van der Waals surface area contributed by atoms with Gasteiger partial charge in [0, 0.05) is 43.0 Å². The van der Waals surface area contributed by atoms with E-state index < -0.39 is 28.7 Å². The normalized spacial score (nSPS) is 13.8. The molecule has 9 nitrogen and oxygen atoms in total. The first-order chi connectivity index (χ1) is 23.0. The van der Waals surface area contributed by atoms with E-state index in [1.54, 1.807) is 27.0 Å². The number of ether oxygens (including phenoxy) is 1. The molecule has 4 heterocycles. The molecule has 6 aromatic rings. The zero-order chi connectivity index (χ0) is 33.6. The Hall–Kier alpha value is -5.61. The maximum atomic E-state index is 14.9. The second-order valence-electron chi connectivity index (χ2n) is 13.1. The van der Waals surface area contributed by atoms with Crippen LogP contribution in [-0.4, -0.2) is 54.2 Å². The van der Waals surface area contributed by atoms with Crippen LogP contribution < -0.4 is 5.73 Å². The number of carbonyl (C=O) groups excluding carboxylic acids is 1. The first kappa shape index (κ1) is 31.0. The molecule has 3 aromatic heterocycles. The Balaban J connectivity index is 1.12. The highest BCUT2D eigenvalue weighted by Crippen LogP contribution is 2.34. The van der Waals surface area contributed by atoms with Crippen molar-refractivity contribution in [1.82, 2.24) is 24.4 Å². The maximum absolute atomic E-state index is 14.9. The lowest BCUT2D eigenvalue weighted by molar-refractivity contribution is 0.00617. The van der Waals surface area contributed by atoms with Crippen molar-refractivity contribution in [3.63, 3.8) is 0 Å². The molecule has 10 heteroatoms. The number of hydrogen-bond acceptors (Lipinski definition) is 8. The van der Waals surface area contributed by atoms with Crippen LogP contribution >= 0.6 is 0 Å². The van der Waals surface area contributed by atoms with Crippen LogP contribution in [0.2, 0.25) is 0 Å². The number of nitrogen functional groups attached to an aromatic ring is 1. The van der Waals surface area contributed by atoms with E-state index in [-0.39, 0.29) is 5.92 Å². The number of nitrogens with zero attached hydrogens (tertiary/aromatic N) is 5. The predicted molar refractivity (Wildman–Crippen MR) is 183 cm³/mol. The summed E-state index contributed by atoms with van der Waals surface area (Å²) >= 11 is 0. The summed E-state index contributed by atoms with van der Waals surface area (Å²) in [4.78, 5) is 28.8. The van der Waals surface area contributed by atoms with Crippen LogP contribution in [0.1, 0.15) is 48.2 Å². The number of aromatic hydroxyl groups is 1. The third-order valence-electron chi connectivity index (χ3n) is 8.37. The highest BCUT2D eigenvalue weighted by Gasteiger charge is 2.30. The number of carbonyl (C=O) groups is 1. The van der Waals surface area contributed by atoms with Gasteiger partial charge in [0.2, 0.25) is 0 Å². The van der Waals surface area contributed by atoms with Crippen molar-refractivity contribution in [2.75, 3.05) is 18.8 Å². The smallest absolute Gasteiger partial charge is 0.345 e. The number of phenols is 1. The highest BCUT2D eigenvalue weighted by atomic mass is 19.1. The Morgan fingerprint density at radius 3 is 2.42 bits per heavy atom. The van der Waals surface area contributed by atoms with E-state index in [4.69, 9.17) is 20.4 Å². The molecule has 1 fully saturated rings. The molecule has 3 aromatic carbocycles. The molecule has 0 unspecified atom stereocenters. The SMILES string of the molecule is CC(C)(C)OC(=O)c1c(O)cc(CN2CC(c3ccc(-n4c(-c5cccnc5N)nc5ccc(-c6ccccc6)nc54)cc3)C2)cc1F. The molecule has 0 radical (unpaired) electrons. The average molecular weight is 643 g/mol. The second kappa shape index (κ2) is 12.2. The summed E-state index contributed by atoms with van der Waals surface area (Å²) in [5, 5.41) is 10.4. The van der Waals surface area contributed by atoms with Gasteiger partial charge in [-0.15, -0.1) is 0 Å². The number of pyridine rings is 2. The molecule has 0 spiro atoms. The van der Waals surface area contributed by atoms with Gasteiger partial charge in [0.05, 0.1) is 11.3 Å². The van der Waals surface area contributed by atoms with E-state index in [0.717, 1.165) is 41.1 Å². The number of esters is 1. The fourth-order valence-electron chi connectivity index (χ4n) is 6.09. The minimum atomic E-state index is -0.886. The molecule has 1 aliphatic rings. The van der Waals surface area contributed by atoms with E-state index in [2.05, 4.69) is 34.1 Å². The number of rotatable bonds is 7. The molecule has 0 atom stereocenters. The van der Waals surface area contributed by atoms with Crippen molar-refractivity contribution >= 4 is 23.0 Å². The Morgan fingerprint density at radius 1 is 0.979 bits per heavy atom. The monoisotopic (exact) mass is 642 g/mol. The molecule has 0 amide bonds. The van der Waals surface area contributed by atoms with Gasteiger partial charge < -0.3 is 15.6 Å². The van der Waals surface area contributed by atoms with E-state index in [0.29, 0.717) is 29.4 Å². The Morgan fingerprint density at radius 2 is 1.73 bits per heavy atom. The second-order valence-corrected chi connectivity index (χ2v) is 13.1. The van der Waals surface area contributed by atoms with Crippen molar-refractivity contribution in [2.45, 2.75) is 38.8 Å². The molecule has 0 saturated carbocycles. The average Bonchev–Trinajstić information content (AvgIpc) is 3.41. The Bertz CT molecular complexity index is 2110. The summed E-state index contributed by atoms with van der Waals surface area (Å²) in [7, 11) is 0. The minimum absolute atomic E-state index is 0.286. The number of phenolic OH excluding ortho intramolecular Hbond substituents is 1. The van der Waals surface area contributed by atoms with Crippen molar-refractivity contribution in [1.29, 1.82) is 0 Å². The summed E-state index contributed by atoms with van der Waals surface area (Å²) in [6.45, 7) is 7.05. The van der Waals surface area contributed by atoms with Crippen LogP contribution in [0.3, 0.4) is 0 Å². The van der Waals surface area contributed by atoms with Crippen LogP contribution in [-0.2, 0) is 11.3 Å². The molecule has 1 saturated heterocycles. The number of anilines is 1. The molecule has 7 rings (SSSR count). The van der Waals surface area contributed by atoms with Crippen molar-refractivity contribution in [3.8, 4) is 34.1 Å². The lowest BCUT2D eigenvalue weighted by atomic mass is 9.91. The number of imidazole rings is 1. The van der Waals surface area contributed by atoms with Gasteiger partial charge in [-0.05, 0) is 80.4 Å². The van der Waals surface area contributed by atoms with Gasteiger partial charge >= 0.3 is 5.97 Å². The Labute approximate surface area is 277 Å². The third kappa shape index (κ3) is 6.10. The van der Waals surface area contributed by atoms with E-state index in [9.17, 15) is 14.3 Å². The fourth-order valence-corrected chi connectivity index (χ4v) is 6.09. The zero-order valence-corrected chi connectivity index (χ0v) is 26.9. The van der Waals surface area contributed by atoms with Gasteiger partial charge in [-0.25, -0.2) is 24.1 Å². The summed E-state index contributed by atoms with van der Waals surface area (Å²) in [6.07, 6.45) is 1.66. The van der Waals surface area contributed by atoms with Gasteiger partial charge in [0.1, 0.15) is 34.1 Å². The minimum Gasteiger partial charge on any atom is -0.507 e. The van der Waals surface area contributed by atoms with Crippen LogP contribution in [0.4, 0.5) is 10.2 Å².